The molecule has 1 aromatic rings. The van der Waals surface area contributed by atoms with Crippen molar-refractivity contribution < 1.29 is 27.4 Å². The molecule has 0 aliphatic carbocycles. The van der Waals surface area contributed by atoms with Crippen LogP contribution in [0, 0.1) is 6.92 Å². The topological polar surface area (TPSA) is 82.1 Å². The molecule has 2 heterocycles. The summed E-state index contributed by atoms with van der Waals surface area (Å²) in [5.41, 5.74) is 0.979. The Labute approximate surface area is 135 Å². The Kier molecular flexibility index (Phi) is 3.96. The average molecular weight is 341 g/mol. The number of aryl methyl sites for hydroxylation is 1. The second kappa shape index (κ2) is 5.55. The lowest BCUT2D eigenvalue weighted by molar-refractivity contribution is -0.188. The van der Waals surface area contributed by atoms with Crippen molar-refractivity contribution >= 4 is 16.0 Å². The molecule has 2 aliphatic rings. The van der Waals surface area contributed by atoms with Gasteiger partial charge in [0, 0.05) is 6.54 Å². The molecule has 126 valence electrons. The van der Waals surface area contributed by atoms with E-state index in [1.54, 1.807) is 31.2 Å². The molecule has 0 spiro atoms. The summed E-state index contributed by atoms with van der Waals surface area (Å²) in [6.07, 6.45) is -1.59. The largest absolute Gasteiger partial charge is 0.467 e. The number of sulfonamides is 1. The molecule has 7 nitrogen and oxygen atoms in total. The van der Waals surface area contributed by atoms with E-state index in [-0.39, 0.29) is 18.0 Å². The lowest BCUT2D eigenvalue weighted by Crippen LogP contribution is -2.52. The minimum atomic E-state index is -3.68. The second-order valence-corrected chi connectivity index (χ2v) is 7.90. The first-order valence-corrected chi connectivity index (χ1v) is 8.69. The van der Waals surface area contributed by atoms with Crippen molar-refractivity contribution in [2.75, 3.05) is 20.2 Å². The zero-order chi connectivity index (χ0) is 16.8. The number of carbonyl (C=O) groups is 1. The summed E-state index contributed by atoms with van der Waals surface area (Å²) in [7, 11) is -2.42. The van der Waals surface area contributed by atoms with Gasteiger partial charge in [-0.05, 0) is 26.0 Å². The molecule has 0 aromatic heterocycles. The second-order valence-electron chi connectivity index (χ2n) is 5.96. The Morgan fingerprint density at radius 1 is 1.30 bits per heavy atom. The molecule has 3 atom stereocenters. The Morgan fingerprint density at radius 3 is 2.57 bits per heavy atom. The molecule has 2 aliphatic heterocycles. The average Bonchev–Trinajstić information content (AvgIpc) is 2.75. The Hall–Kier alpha value is -1.48. The first-order chi connectivity index (χ1) is 10.7. The third-order valence-electron chi connectivity index (χ3n) is 4.05. The van der Waals surface area contributed by atoms with E-state index in [0.717, 1.165) is 5.56 Å². The molecule has 2 fully saturated rings. The van der Waals surface area contributed by atoms with Crippen LogP contribution < -0.4 is 0 Å². The highest BCUT2D eigenvalue weighted by molar-refractivity contribution is 7.89. The quantitative estimate of drug-likeness (QED) is 0.752. The first-order valence-electron chi connectivity index (χ1n) is 7.25. The van der Waals surface area contributed by atoms with Gasteiger partial charge in [0.2, 0.25) is 10.0 Å². The van der Waals surface area contributed by atoms with E-state index in [4.69, 9.17) is 14.2 Å². The summed E-state index contributed by atoms with van der Waals surface area (Å²) < 4.78 is 42.9. The predicted octanol–water partition coefficient (Wildman–Crippen LogP) is 0.673. The smallest absolute Gasteiger partial charge is 0.337 e. The number of ether oxygens (including phenoxy) is 3. The zero-order valence-electron chi connectivity index (χ0n) is 13.2. The van der Waals surface area contributed by atoms with Gasteiger partial charge < -0.3 is 14.2 Å². The normalized spacial score (nSPS) is 31.1. The van der Waals surface area contributed by atoms with Crippen LogP contribution in [-0.4, -0.2) is 56.9 Å². The van der Waals surface area contributed by atoms with Gasteiger partial charge in [0.05, 0.1) is 18.6 Å². The summed E-state index contributed by atoms with van der Waals surface area (Å²) in [6.45, 7) is 3.58. The number of hydrogen-bond acceptors (Lipinski definition) is 6. The van der Waals surface area contributed by atoms with Crippen LogP contribution in [0.4, 0.5) is 0 Å². The number of fused-ring (bicyclic) bond motifs is 2. The molecule has 0 N–H and O–H groups in total. The van der Waals surface area contributed by atoms with E-state index in [2.05, 4.69) is 0 Å². The molecule has 8 heteroatoms. The molecule has 23 heavy (non-hydrogen) atoms. The summed E-state index contributed by atoms with van der Waals surface area (Å²) >= 11 is 0. The van der Waals surface area contributed by atoms with E-state index in [9.17, 15) is 13.2 Å². The third-order valence-corrected chi connectivity index (χ3v) is 5.88. The van der Waals surface area contributed by atoms with Crippen LogP contribution >= 0.6 is 0 Å². The molecule has 0 unspecified atom stereocenters. The van der Waals surface area contributed by atoms with Crippen molar-refractivity contribution in [2.45, 2.75) is 36.7 Å². The maximum atomic E-state index is 12.8. The number of nitrogens with zero attached hydrogens (tertiary/aromatic N) is 1. The molecule has 0 amide bonds. The zero-order valence-corrected chi connectivity index (χ0v) is 14.0. The number of esters is 1. The van der Waals surface area contributed by atoms with Crippen molar-refractivity contribution in [3.63, 3.8) is 0 Å². The molecule has 0 saturated carbocycles. The SMILES string of the molecule is COC(=O)[C@@H]1O[C@@]2(C)CN(S(=O)(=O)c3ccc(C)cc3)C[C@@H]1O2. The number of benzene rings is 1. The van der Waals surface area contributed by atoms with Crippen molar-refractivity contribution in [3.8, 4) is 0 Å². The number of methoxy groups -OCH3 is 1. The Balaban J connectivity index is 1.88. The molecule has 2 bridgehead atoms. The number of carbonyl (C=O) groups excluding carboxylic acids is 1. The number of rotatable bonds is 3. The molecular weight excluding hydrogens is 322 g/mol. The van der Waals surface area contributed by atoms with Crippen LogP contribution in [0.1, 0.15) is 12.5 Å². The van der Waals surface area contributed by atoms with Crippen molar-refractivity contribution in [2.24, 2.45) is 0 Å². The van der Waals surface area contributed by atoms with E-state index in [1.165, 1.54) is 11.4 Å². The van der Waals surface area contributed by atoms with Gasteiger partial charge in [-0.3, -0.25) is 0 Å². The van der Waals surface area contributed by atoms with Crippen LogP contribution in [0.2, 0.25) is 0 Å². The van der Waals surface area contributed by atoms with Gasteiger partial charge in [-0.2, -0.15) is 4.31 Å². The fraction of sp³-hybridized carbons (Fsp3) is 0.533. The third kappa shape index (κ3) is 2.87. The van der Waals surface area contributed by atoms with Crippen molar-refractivity contribution in [3.05, 3.63) is 29.8 Å². The van der Waals surface area contributed by atoms with Crippen LogP contribution in [0.15, 0.2) is 29.2 Å². The van der Waals surface area contributed by atoms with E-state index in [1.807, 2.05) is 6.92 Å². The maximum absolute atomic E-state index is 12.8. The molecule has 3 rings (SSSR count). The van der Waals surface area contributed by atoms with E-state index < -0.39 is 34.0 Å². The first kappa shape index (κ1) is 16.4. The fourth-order valence-electron chi connectivity index (χ4n) is 2.91. The molecule has 0 radical (unpaired) electrons. The van der Waals surface area contributed by atoms with Crippen molar-refractivity contribution in [1.82, 2.24) is 4.31 Å². The van der Waals surface area contributed by atoms with Gasteiger partial charge in [-0.15, -0.1) is 0 Å². The molecular formula is C15H19NO6S. The summed E-state index contributed by atoms with van der Waals surface area (Å²) in [4.78, 5) is 12.0. The predicted molar refractivity (Wildman–Crippen MR) is 80.1 cm³/mol. The highest BCUT2D eigenvalue weighted by Crippen LogP contribution is 2.37. The van der Waals surface area contributed by atoms with Gasteiger partial charge in [-0.1, -0.05) is 17.7 Å². The standard InChI is InChI=1S/C15H19NO6S/c1-10-4-6-11(7-5-10)23(18,19)16-8-12-13(14(17)20-3)22-15(2,9-16)21-12/h4-7,12-13H,8-9H2,1-3H3/t12-,13+,15-/m0/s1. The number of hydrogen-bond donors (Lipinski definition) is 0. The Morgan fingerprint density at radius 2 is 1.96 bits per heavy atom. The highest BCUT2D eigenvalue weighted by atomic mass is 32.2. The molecule has 1 aromatic carbocycles. The van der Waals surface area contributed by atoms with Gasteiger partial charge in [0.15, 0.2) is 11.9 Å². The monoisotopic (exact) mass is 341 g/mol. The molecule has 2 saturated heterocycles. The lowest BCUT2D eigenvalue weighted by atomic mass is 10.2. The summed E-state index contributed by atoms with van der Waals surface area (Å²) in [5.74, 6) is -1.71. The highest BCUT2D eigenvalue weighted by Gasteiger charge is 2.55. The van der Waals surface area contributed by atoms with Gasteiger partial charge >= 0.3 is 5.97 Å². The Bertz CT molecular complexity index is 716. The number of morpholine rings is 1. The van der Waals surface area contributed by atoms with Crippen LogP contribution in [0.5, 0.6) is 0 Å². The van der Waals surface area contributed by atoms with E-state index >= 15 is 0 Å². The van der Waals surface area contributed by atoms with Crippen LogP contribution in [0.25, 0.3) is 0 Å². The van der Waals surface area contributed by atoms with Gasteiger partial charge in [0.25, 0.3) is 0 Å². The lowest BCUT2D eigenvalue weighted by Gasteiger charge is -2.35. The minimum absolute atomic E-state index is 0.0210. The van der Waals surface area contributed by atoms with Crippen LogP contribution in [0.3, 0.4) is 0 Å². The maximum Gasteiger partial charge on any atom is 0.337 e. The minimum Gasteiger partial charge on any atom is -0.467 e. The van der Waals surface area contributed by atoms with Crippen LogP contribution in [-0.2, 0) is 29.0 Å². The summed E-state index contributed by atoms with van der Waals surface area (Å²) in [5, 5.41) is 0. The van der Waals surface area contributed by atoms with E-state index in [0.29, 0.717) is 0 Å². The van der Waals surface area contributed by atoms with Crippen molar-refractivity contribution in [1.29, 1.82) is 0 Å². The van der Waals surface area contributed by atoms with Gasteiger partial charge in [-0.25, -0.2) is 13.2 Å². The summed E-state index contributed by atoms with van der Waals surface area (Å²) in [6, 6.07) is 6.64. The van der Waals surface area contributed by atoms with Gasteiger partial charge in [0.1, 0.15) is 6.10 Å². The fourth-order valence-corrected chi connectivity index (χ4v) is 4.43.